The average molecular weight is 285 g/mol. The second-order valence-corrected chi connectivity index (χ2v) is 1.47. The van der Waals surface area contributed by atoms with Gasteiger partial charge in [0.2, 0.25) is 0 Å². The fraction of sp³-hybridized carbons (Fsp3) is 0.500. The number of carbonyl (C=O) groups is 3. The predicted molar refractivity (Wildman–Crippen MR) is 32.0 cm³/mol. The van der Waals surface area contributed by atoms with Crippen LogP contribution >= 0.6 is 0 Å². The van der Waals surface area contributed by atoms with Crippen molar-refractivity contribution >= 4 is 17.9 Å². The van der Waals surface area contributed by atoms with Crippen LogP contribution in [0.4, 0.5) is 0 Å². The molecule has 0 bridgehead atoms. The van der Waals surface area contributed by atoms with Crippen molar-refractivity contribution in [3.8, 4) is 0 Å². The van der Waals surface area contributed by atoms with E-state index < -0.39 is 17.9 Å². The zero-order chi connectivity index (χ0) is 10.7. The van der Waals surface area contributed by atoms with E-state index in [1.54, 1.807) is 0 Å². The zero-order valence-corrected chi connectivity index (χ0v) is 8.73. The van der Waals surface area contributed by atoms with E-state index in [4.69, 9.17) is 29.7 Å². The van der Waals surface area contributed by atoms with Gasteiger partial charge in [0.1, 0.15) is 0 Å². The van der Waals surface area contributed by atoms with E-state index in [-0.39, 0.29) is 22.4 Å². The van der Waals surface area contributed by atoms with E-state index in [0.29, 0.717) is 0 Å². The molecule has 0 heterocycles. The predicted octanol–water partition coefficient (Wildman–Crippen LogP) is -3.73. The summed E-state index contributed by atoms with van der Waals surface area (Å²) >= 11 is 0. The average Bonchev–Trinajstić information content (AvgIpc) is 1.54. The molecule has 0 spiro atoms. The second-order valence-electron chi connectivity index (χ2n) is 1.47. The van der Waals surface area contributed by atoms with Crippen LogP contribution in [0.15, 0.2) is 0 Å². The van der Waals surface area contributed by atoms with Crippen LogP contribution in [0.3, 0.4) is 0 Å². The molecule has 80 valence electrons. The SMILES string of the molecule is CC(=O)[O-].CC(=O)[O-].CC(=O)[O-].[Ag+3]. The van der Waals surface area contributed by atoms with E-state index in [0.717, 1.165) is 20.8 Å². The number of carbonyl (C=O) groups excluding carboxylic acids is 3. The Morgan fingerprint density at radius 3 is 0.692 bits per heavy atom. The van der Waals surface area contributed by atoms with Gasteiger partial charge in [0.25, 0.3) is 0 Å². The molecule has 0 aromatic rings. The maximum absolute atomic E-state index is 8.89. The molecule has 0 aromatic heterocycles. The van der Waals surface area contributed by atoms with Crippen LogP contribution in [0.5, 0.6) is 0 Å². The summed E-state index contributed by atoms with van der Waals surface area (Å²) in [5, 5.41) is 26.7. The van der Waals surface area contributed by atoms with Crippen molar-refractivity contribution in [3.05, 3.63) is 0 Å². The third-order valence-corrected chi connectivity index (χ3v) is 0. The number of rotatable bonds is 0. The normalized spacial score (nSPS) is 5.77. The molecule has 6 nitrogen and oxygen atoms in total. The molecule has 0 aliphatic rings. The molecule has 0 saturated heterocycles. The molecule has 0 N–H and O–H groups in total. The summed E-state index contributed by atoms with van der Waals surface area (Å²) in [4.78, 5) is 26.7. The summed E-state index contributed by atoms with van der Waals surface area (Å²) in [6.07, 6.45) is 0. The maximum atomic E-state index is 8.89. The minimum Gasteiger partial charge on any atom is -0.550 e. The first-order chi connectivity index (χ1) is 5.20. The van der Waals surface area contributed by atoms with Crippen molar-refractivity contribution in [1.82, 2.24) is 0 Å². The van der Waals surface area contributed by atoms with Crippen molar-refractivity contribution in [2.24, 2.45) is 0 Å². The first kappa shape index (κ1) is 22.7. The van der Waals surface area contributed by atoms with Crippen molar-refractivity contribution in [1.29, 1.82) is 0 Å². The zero-order valence-electron chi connectivity index (χ0n) is 7.25. The minimum atomic E-state index is -1.08. The largest absolute Gasteiger partial charge is 3.00 e. The Kier molecular flexibility index (Phi) is 30.3. The molecule has 0 aliphatic carbocycles. The first-order valence-corrected chi connectivity index (χ1v) is 2.72. The standard InChI is InChI=1S/3C2H4O2.Ag/c3*1-2(3)4;/h3*1H3,(H,3,4);/q;;;+3/p-3. The Balaban J connectivity index is -0.0000000450. The van der Waals surface area contributed by atoms with Crippen LogP contribution in [-0.2, 0) is 36.8 Å². The third-order valence-electron chi connectivity index (χ3n) is 0. The molecule has 0 rings (SSSR count). The number of hydrogen-bond acceptors (Lipinski definition) is 6. The van der Waals surface area contributed by atoms with Crippen LogP contribution in [0, 0.1) is 0 Å². The first-order valence-electron chi connectivity index (χ1n) is 2.72. The monoisotopic (exact) mass is 284 g/mol. The molecule has 0 atom stereocenters. The molecule has 0 saturated carbocycles. The van der Waals surface area contributed by atoms with E-state index in [2.05, 4.69) is 0 Å². The van der Waals surface area contributed by atoms with Gasteiger partial charge < -0.3 is 29.7 Å². The molecule has 0 aromatic carbocycles. The van der Waals surface area contributed by atoms with Gasteiger partial charge in [-0.1, -0.05) is 0 Å². The summed E-state index contributed by atoms with van der Waals surface area (Å²) in [5.74, 6) is -3.25. The number of aliphatic carboxylic acids is 3. The van der Waals surface area contributed by atoms with Crippen LogP contribution < -0.4 is 15.3 Å². The van der Waals surface area contributed by atoms with Gasteiger partial charge in [-0.2, -0.15) is 0 Å². The maximum Gasteiger partial charge on any atom is 3.00 e. The third kappa shape index (κ3) is 1290. The fourth-order valence-electron chi connectivity index (χ4n) is 0. The van der Waals surface area contributed by atoms with Gasteiger partial charge in [-0.05, 0) is 20.8 Å². The number of carboxylic acids is 3. The van der Waals surface area contributed by atoms with Gasteiger partial charge in [-0.3, -0.25) is 0 Å². The van der Waals surface area contributed by atoms with E-state index in [1.165, 1.54) is 0 Å². The number of carboxylic acid groups (broad SMARTS) is 3. The molecular weight excluding hydrogens is 276 g/mol. The van der Waals surface area contributed by atoms with Crippen LogP contribution in [0.25, 0.3) is 0 Å². The summed E-state index contributed by atoms with van der Waals surface area (Å²) < 4.78 is 0. The van der Waals surface area contributed by atoms with Gasteiger partial charge >= 0.3 is 22.4 Å². The Bertz CT molecular complexity index is 115. The van der Waals surface area contributed by atoms with E-state index >= 15 is 0 Å². The smallest absolute Gasteiger partial charge is 0.550 e. The summed E-state index contributed by atoms with van der Waals surface area (Å²) in [5.41, 5.74) is 0. The van der Waals surface area contributed by atoms with Gasteiger partial charge in [0.15, 0.2) is 0 Å². The van der Waals surface area contributed by atoms with E-state index in [9.17, 15) is 0 Å². The second kappa shape index (κ2) is 17.3. The Labute approximate surface area is 91.1 Å². The molecule has 0 unspecified atom stereocenters. The Hall–Kier alpha value is -0.850. The summed E-state index contributed by atoms with van der Waals surface area (Å²) in [7, 11) is 0. The van der Waals surface area contributed by atoms with Crippen molar-refractivity contribution in [2.75, 3.05) is 0 Å². The molecule has 0 amide bonds. The van der Waals surface area contributed by atoms with Gasteiger partial charge in [-0.15, -0.1) is 0 Å². The van der Waals surface area contributed by atoms with Gasteiger partial charge in [-0.25, -0.2) is 0 Å². The molecular formula is C6H9AgO6. The molecule has 0 radical (unpaired) electrons. The molecule has 13 heavy (non-hydrogen) atoms. The summed E-state index contributed by atoms with van der Waals surface area (Å²) in [6, 6.07) is 0. The van der Waals surface area contributed by atoms with E-state index in [1.807, 2.05) is 0 Å². The fourth-order valence-corrected chi connectivity index (χ4v) is 0. The van der Waals surface area contributed by atoms with Crippen LogP contribution in [-0.4, -0.2) is 17.9 Å². The van der Waals surface area contributed by atoms with Crippen molar-refractivity contribution < 1.29 is 52.1 Å². The Morgan fingerprint density at radius 2 is 0.692 bits per heavy atom. The van der Waals surface area contributed by atoms with Crippen molar-refractivity contribution in [2.45, 2.75) is 20.8 Å². The topological polar surface area (TPSA) is 120 Å². The summed E-state index contributed by atoms with van der Waals surface area (Å²) in [6.45, 7) is 2.92. The minimum absolute atomic E-state index is 0. The van der Waals surface area contributed by atoms with Crippen LogP contribution in [0.1, 0.15) is 20.8 Å². The van der Waals surface area contributed by atoms with Gasteiger partial charge in [0.05, 0.1) is 0 Å². The molecule has 0 aliphatic heterocycles. The van der Waals surface area contributed by atoms with Gasteiger partial charge in [0, 0.05) is 17.9 Å². The van der Waals surface area contributed by atoms with Crippen LogP contribution in [0.2, 0.25) is 0 Å². The number of hydrogen-bond donors (Lipinski definition) is 0. The molecule has 7 heteroatoms. The van der Waals surface area contributed by atoms with Crippen molar-refractivity contribution in [3.63, 3.8) is 0 Å². The quantitative estimate of drug-likeness (QED) is 0.422. The molecule has 0 fully saturated rings. The Morgan fingerprint density at radius 1 is 0.692 bits per heavy atom.